The molecule has 0 amide bonds. The fourth-order valence-electron chi connectivity index (χ4n) is 3.26. The summed E-state index contributed by atoms with van der Waals surface area (Å²) in [6, 6.07) is 2.84. The van der Waals surface area contributed by atoms with Crippen molar-refractivity contribution in [3.8, 4) is 17.5 Å². The third-order valence-electron chi connectivity index (χ3n) is 4.98. The first kappa shape index (κ1) is 25.7. The van der Waals surface area contributed by atoms with Gasteiger partial charge in [-0.15, -0.1) is 0 Å². The van der Waals surface area contributed by atoms with E-state index >= 15 is 0 Å². The van der Waals surface area contributed by atoms with Crippen molar-refractivity contribution >= 4 is 0 Å². The van der Waals surface area contributed by atoms with Crippen LogP contribution in [0, 0.1) is 17.5 Å². The molecule has 194 valence electrons. The summed E-state index contributed by atoms with van der Waals surface area (Å²) in [5.74, 6) is -5.00. The number of benzene rings is 1. The molecule has 37 heavy (non-hydrogen) atoms. The molecule has 4 aromatic rings. The molecule has 0 unspecified atom stereocenters. The highest BCUT2D eigenvalue weighted by molar-refractivity contribution is 5.35. The molecule has 0 aliphatic carbocycles. The maximum absolute atomic E-state index is 14.4. The molecular formula is C23H17F6N5O3. The van der Waals surface area contributed by atoms with E-state index in [1.807, 2.05) is 0 Å². The summed E-state index contributed by atoms with van der Waals surface area (Å²) >= 11 is 0. The number of aryl methyl sites for hydroxylation is 1. The highest BCUT2D eigenvalue weighted by atomic mass is 19.4. The zero-order valence-corrected chi connectivity index (χ0v) is 19.0. The molecule has 14 heteroatoms. The van der Waals surface area contributed by atoms with Crippen LogP contribution in [0.5, 0.6) is 17.5 Å². The lowest BCUT2D eigenvalue weighted by molar-refractivity contribution is -0.140. The Bertz CT molecular complexity index is 1480. The Morgan fingerprint density at radius 3 is 2.41 bits per heavy atom. The van der Waals surface area contributed by atoms with E-state index in [2.05, 4.69) is 15.1 Å². The SMILES string of the molecule is Cn1cc(Cn2cc(F)c(OCCc3cnc(Oc4ccc(F)c(C(F)(F)F)c4)c(F)c3)nc2=O)cn1. The normalized spacial score (nSPS) is 11.5. The molecule has 0 atom stereocenters. The first-order valence-electron chi connectivity index (χ1n) is 10.6. The van der Waals surface area contributed by atoms with E-state index in [9.17, 15) is 31.1 Å². The van der Waals surface area contributed by atoms with Crippen LogP contribution in [0.3, 0.4) is 0 Å². The molecule has 0 radical (unpaired) electrons. The minimum absolute atomic E-state index is 0.0266. The minimum Gasteiger partial charge on any atom is -0.475 e. The van der Waals surface area contributed by atoms with Gasteiger partial charge in [0.05, 0.1) is 31.1 Å². The molecule has 0 saturated carbocycles. The van der Waals surface area contributed by atoms with Gasteiger partial charge in [0.2, 0.25) is 5.82 Å². The Morgan fingerprint density at radius 2 is 1.73 bits per heavy atom. The zero-order valence-electron chi connectivity index (χ0n) is 19.0. The molecule has 0 aliphatic heterocycles. The quantitative estimate of drug-likeness (QED) is 0.320. The largest absolute Gasteiger partial charge is 0.475 e. The second-order valence-corrected chi connectivity index (χ2v) is 7.80. The lowest BCUT2D eigenvalue weighted by Gasteiger charge is -2.11. The Labute approximate surface area is 204 Å². The van der Waals surface area contributed by atoms with Gasteiger partial charge in [0.15, 0.2) is 5.82 Å². The zero-order chi connectivity index (χ0) is 26.7. The number of aromatic nitrogens is 5. The number of halogens is 6. The lowest BCUT2D eigenvalue weighted by Crippen LogP contribution is -2.24. The van der Waals surface area contributed by atoms with Crippen LogP contribution in [0.15, 0.2) is 53.8 Å². The van der Waals surface area contributed by atoms with Crippen molar-refractivity contribution in [3.63, 3.8) is 0 Å². The highest BCUT2D eigenvalue weighted by Gasteiger charge is 2.34. The van der Waals surface area contributed by atoms with E-state index in [1.165, 1.54) is 17.1 Å². The monoisotopic (exact) mass is 525 g/mol. The Kier molecular flexibility index (Phi) is 7.18. The van der Waals surface area contributed by atoms with Gasteiger partial charge in [0.25, 0.3) is 11.8 Å². The number of alkyl halides is 3. The molecule has 4 rings (SSSR count). The Balaban J connectivity index is 1.38. The number of hydrogen-bond acceptors (Lipinski definition) is 6. The van der Waals surface area contributed by atoms with Gasteiger partial charge < -0.3 is 9.47 Å². The average Bonchev–Trinajstić information content (AvgIpc) is 3.23. The van der Waals surface area contributed by atoms with Crippen molar-refractivity contribution in [2.75, 3.05) is 6.61 Å². The summed E-state index contributed by atoms with van der Waals surface area (Å²) in [4.78, 5) is 19.5. The smallest absolute Gasteiger partial charge is 0.419 e. The highest BCUT2D eigenvalue weighted by Crippen LogP contribution is 2.35. The molecule has 3 aromatic heterocycles. The molecule has 0 aliphatic rings. The number of ether oxygens (including phenoxy) is 2. The second-order valence-electron chi connectivity index (χ2n) is 7.80. The van der Waals surface area contributed by atoms with Crippen molar-refractivity contribution in [2.45, 2.75) is 19.1 Å². The molecule has 0 fully saturated rings. The van der Waals surface area contributed by atoms with Crippen molar-refractivity contribution in [1.82, 2.24) is 24.3 Å². The topological polar surface area (TPSA) is 84.1 Å². The maximum Gasteiger partial charge on any atom is 0.419 e. The van der Waals surface area contributed by atoms with Crippen LogP contribution in [-0.4, -0.2) is 30.9 Å². The van der Waals surface area contributed by atoms with E-state index in [0.717, 1.165) is 22.9 Å². The van der Waals surface area contributed by atoms with Gasteiger partial charge in [-0.05, 0) is 29.8 Å². The van der Waals surface area contributed by atoms with E-state index in [-0.39, 0.29) is 25.1 Å². The standard InChI is InChI=1S/C23H17F6N5O3/c1-33-10-14(9-31-33)11-34-12-19(26)21(32-22(34)35)36-5-4-13-6-18(25)20(30-8-13)37-15-2-3-17(24)16(7-15)23(27,28)29/h2-3,6-10,12H,4-5,11H2,1H3. The summed E-state index contributed by atoms with van der Waals surface area (Å²) in [5, 5.41) is 3.97. The van der Waals surface area contributed by atoms with E-state index in [0.29, 0.717) is 17.7 Å². The predicted octanol–water partition coefficient (Wildman–Crippen LogP) is 4.27. The third-order valence-corrected chi connectivity index (χ3v) is 4.98. The fourth-order valence-corrected chi connectivity index (χ4v) is 3.26. The first-order valence-corrected chi connectivity index (χ1v) is 10.6. The van der Waals surface area contributed by atoms with Gasteiger partial charge in [0, 0.05) is 31.4 Å². The summed E-state index contributed by atoms with van der Waals surface area (Å²) in [5.41, 5.74) is -1.36. The van der Waals surface area contributed by atoms with E-state index in [4.69, 9.17) is 9.47 Å². The molecule has 0 spiro atoms. The van der Waals surface area contributed by atoms with Crippen LogP contribution in [0.4, 0.5) is 26.3 Å². The van der Waals surface area contributed by atoms with Gasteiger partial charge in [0.1, 0.15) is 11.6 Å². The van der Waals surface area contributed by atoms with Gasteiger partial charge >= 0.3 is 11.9 Å². The van der Waals surface area contributed by atoms with Crippen molar-refractivity contribution in [2.24, 2.45) is 7.05 Å². The number of rotatable bonds is 8. The number of pyridine rings is 1. The minimum atomic E-state index is -4.96. The number of hydrogen-bond donors (Lipinski definition) is 0. The van der Waals surface area contributed by atoms with E-state index in [1.54, 1.807) is 13.2 Å². The molecule has 0 N–H and O–H groups in total. The summed E-state index contributed by atoms with van der Waals surface area (Å²) in [6.07, 6.45) is 0.378. The number of nitrogens with zero attached hydrogens (tertiary/aromatic N) is 5. The van der Waals surface area contributed by atoms with E-state index < -0.39 is 52.4 Å². The first-order chi connectivity index (χ1) is 17.5. The van der Waals surface area contributed by atoms with Gasteiger partial charge in [-0.2, -0.15) is 27.6 Å². The predicted molar refractivity (Wildman–Crippen MR) is 116 cm³/mol. The summed E-state index contributed by atoms with van der Waals surface area (Å²) in [7, 11) is 1.70. The van der Waals surface area contributed by atoms with Crippen LogP contribution in [0.25, 0.3) is 0 Å². The third kappa shape index (κ3) is 6.26. The molecular weight excluding hydrogens is 508 g/mol. The Hall–Kier alpha value is -4.36. The Morgan fingerprint density at radius 1 is 0.946 bits per heavy atom. The molecule has 0 bridgehead atoms. The maximum atomic E-state index is 14.4. The van der Waals surface area contributed by atoms with Gasteiger partial charge in [-0.1, -0.05) is 0 Å². The van der Waals surface area contributed by atoms with Gasteiger partial charge in [-0.3, -0.25) is 9.25 Å². The summed E-state index contributed by atoms with van der Waals surface area (Å²) in [6.45, 7) is -0.129. The van der Waals surface area contributed by atoms with Gasteiger partial charge in [-0.25, -0.2) is 18.6 Å². The molecule has 8 nitrogen and oxygen atoms in total. The van der Waals surface area contributed by atoms with Crippen LogP contribution in [0.1, 0.15) is 16.7 Å². The van der Waals surface area contributed by atoms with Crippen molar-refractivity contribution in [3.05, 3.63) is 93.7 Å². The van der Waals surface area contributed by atoms with Crippen LogP contribution in [-0.2, 0) is 26.2 Å². The summed E-state index contributed by atoms with van der Waals surface area (Å²) < 4.78 is 93.5. The molecule has 3 heterocycles. The van der Waals surface area contributed by atoms with Crippen molar-refractivity contribution in [1.29, 1.82) is 0 Å². The van der Waals surface area contributed by atoms with Crippen LogP contribution in [0.2, 0.25) is 0 Å². The average molecular weight is 525 g/mol. The molecule has 1 aromatic carbocycles. The van der Waals surface area contributed by atoms with Crippen molar-refractivity contribution < 1.29 is 35.8 Å². The van der Waals surface area contributed by atoms with Crippen LogP contribution >= 0.6 is 0 Å². The lowest BCUT2D eigenvalue weighted by atomic mass is 10.2. The fraction of sp³-hybridized carbons (Fsp3) is 0.217. The van der Waals surface area contributed by atoms with Crippen LogP contribution < -0.4 is 15.2 Å². The molecule has 0 saturated heterocycles. The second kappa shape index (κ2) is 10.3.